The minimum absolute atomic E-state index is 0.0786. The molecule has 4 aromatic rings. The van der Waals surface area contributed by atoms with Gasteiger partial charge in [0.05, 0.1) is 18.1 Å². The lowest BCUT2D eigenvalue weighted by Crippen LogP contribution is -2.69. The lowest BCUT2D eigenvalue weighted by Gasteiger charge is -2.53. The lowest BCUT2D eigenvalue weighted by molar-refractivity contribution is -0.156. The second-order valence-corrected chi connectivity index (χ2v) is 25.5. The average Bonchev–Trinajstić information content (AvgIpc) is 3.19. The molecule has 59 heavy (non-hydrogen) atoms. The molecule has 0 bridgehead atoms. The number of nitrogens with zero attached hydrogens (tertiary/aromatic N) is 1. The van der Waals surface area contributed by atoms with Gasteiger partial charge in [0.25, 0.3) is 0 Å². The van der Waals surface area contributed by atoms with E-state index in [1.807, 2.05) is 104 Å². The van der Waals surface area contributed by atoms with Gasteiger partial charge in [0, 0.05) is 25.4 Å². The van der Waals surface area contributed by atoms with Crippen LogP contribution in [0.25, 0.3) is 0 Å². The van der Waals surface area contributed by atoms with Crippen LogP contribution in [0.15, 0.2) is 128 Å². The van der Waals surface area contributed by atoms with Gasteiger partial charge < -0.3 is 24.1 Å². The molecule has 1 N–H and O–H groups in total. The van der Waals surface area contributed by atoms with Crippen molar-refractivity contribution in [2.75, 3.05) is 6.61 Å². The first-order valence-electron chi connectivity index (χ1n) is 20.1. The minimum atomic E-state index is -3.22. The number of amides is 2. The van der Waals surface area contributed by atoms with E-state index in [1.54, 1.807) is 43.9 Å². The summed E-state index contributed by atoms with van der Waals surface area (Å²) in [5.74, 6) is -1.93. The summed E-state index contributed by atoms with van der Waals surface area (Å²) in [7, 11) is -2.40. The standard InChI is InChI=1S/C48H59N2O7PSi/c1-11-30-55-45(53)44(58(37-24-15-12-16-25-37,38-26-17-13-18-27-38)39-28-19-14-20-29-39)50-40(42(43(50)52)34(2)57-59(9,10)48(6,7)8)32-41(51)36-23-21-22-35(31-36)33-49-46(54)56-47(3,4)5/h11-29,31,34,40,42H,1,30,32-33H2,2-10H3,(H,49,54)/t34-,40-,42-/m1/s1. The van der Waals surface area contributed by atoms with Crippen molar-refractivity contribution in [2.24, 2.45) is 5.92 Å². The predicted molar refractivity (Wildman–Crippen MR) is 242 cm³/mol. The van der Waals surface area contributed by atoms with Crippen LogP contribution in [-0.4, -0.2) is 66.7 Å². The highest BCUT2D eigenvalue weighted by atomic mass is 31.2. The number of rotatable bonds is 15. The molecular formula is C48H59N2O7PSi. The second kappa shape index (κ2) is 18.5. The van der Waals surface area contributed by atoms with Crippen molar-refractivity contribution >= 4 is 60.3 Å². The largest absolute Gasteiger partial charge is 0.457 e. The Hall–Kier alpha value is -5.02. The van der Waals surface area contributed by atoms with E-state index in [-0.39, 0.29) is 41.7 Å². The van der Waals surface area contributed by atoms with Crippen LogP contribution in [-0.2, 0) is 30.0 Å². The first kappa shape index (κ1) is 45.1. The molecule has 4 aromatic carbocycles. The van der Waals surface area contributed by atoms with E-state index in [1.165, 1.54) is 6.08 Å². The molecule has 1 aliphatic rings. The summed E-state index contributed by atoms with van der Waals surface area (Å²) in [6, 6.07) is 35.7. The highest BCUT2D eigenvalue weighted by Crippen LogP contribution is 2.51. The number of Topliss-reactive ketones (excluding diaryl/α,β-unsaturated/α-hetero) is 1. The molecular weight excluding hydrogens is 776 g/mol. The summed E-state index contributed by atoms with van der Waals surface area (Å²) in [4.78, 5) is 58.8. The van der Waals surface area contributed by atoms with Crippen LogP contribution in [0.1, 0.15) is 70.8 Å². The zero-order chi connectivity index (χ0) is 43.2. The van der Waals surface area contributed by atoms with Gasteiger partial charge in [-0.2, -0.15) is 0 Å². The van der Waals surface area contributed by atoms with Crippen molar-refractivity contribution in [1.82, 2.24) is 10.2 Å². The third-order valence-corrected chi connectivity index (χ3v) is 19.9. The van der Waals surface area contributed by atoms with E-state index in [2.05, 4.69) is 45.8 Å². The number of hydrogen-bond donors (Lipinski definition) is 1. The van der Waals surface area contributed by atoms with Gasteiger partial charge in [-0.15, -0.1) is 0 Å². The number of esters is 1. The zero-order valence-electron chi connectivity index (χ0n) is 35.9. The lowest BCUT2D eigenvalue weighted by atomic mass is 9.79. The number of hydrogen-bond acceptors (Lipinski definition) is 7. The number of carbonyl (C=O) groups excluding carboxylic acids is 4. The third kappa shape index (κ3) is 10.1. The summed E-state index contributed by atoms with van der Waals surface area (Å²) >= 11 is 0. The van der Waals surface area contributed by atoms with Gasteiger partial charge >= 0.3 is 12.1 Å². The molecule has 0 spiro atoms. The summed E-state index contributed by atoms with van der Waals surface area (Å²) in [6.45, 7) is 18.6. The molecule has 1 aliphatic heterocycles. The molecule has 0 aromatic heterocycles. The maximum Gasteiger partial charge on any atom is 0.407 e. The average molecular weight is 835 g/mol. The van der Waals surface area contributed by atoms with Gasteiger partial charge in [-0.05, 0) is 73.4 Å². The van der Waals surface area contributed by atoms with Crippen molar-refractivity contribution in [1.29, 1.82) is 0 Å². The van der Waals surface area contributed by atoms with E-state index in [0.717, 1.165) is 15.9 Å². The fraction of sp³-hybridized carbons (Fsp3) is 0.354. The molecule has 1 fully saturated rings. The van der Waals surface area contributed by atoms with Crippen LogP contribution in [0.2, 0.25) is 18.1 Å². The third-order valence-electron chi connectivity index (χ3n) is 11.0. The van der Waals surface area contributed by atoms with Gasteiger partial charge in [0.15, 0.2) is 14.1 Å². The Bertz CT molecular complexity index is 2090. The number of likely N-dealkylation sites (tertiary alicyclic amines) is 1. The van der Waals surface area contributed by atoms with Crippen molar-refractivity contribution in [3.05, 3.63) is 139 Å². The molecule has 5 rings (SSSR count). The van der Waals surface area contributed by atoms with Crippen molar-refractivity contribution in [3.63, 3.8) is 0 Å². The van der Waals surface area contributed by atoms with Crippen molar-refractivity contribution in [2.45, 2.75) is 97.3 Å². The molecule has 1 saturated heterocycles. The van der Waals surface area contributed by atoms with Crippen LogP contribution >= 0.6 is 6.89 Å². The van der Waals surface area contributed by atoms with Gasteiger partial charge in [0.2, 0.25) is 5.91 Å². The molecule has 0 radical (unpaired) electrons. The number of carbonyl (C=O) groups is 4. The molecule has 11 heteroatoms. The maximum atomic E-state index is 15.2. The van der Waals surface area contributed by atoms with Crippen molar-refractivity contribution < 1.29 is 33.1 Å². The molecule has 0 saturated carbocycles. The minimum Gasteiger partial charge on any atom is -0.457 e. The fourth-order valence-corrected chi connectivity index (χ4v) is 13.1. The molecule has 2 amide bonds. The van der Waals surface area contributed by atoms with Crippen LogP contribution in [0.3, 0.4) is 0 Å². The Kier molecular flexibility index (Phi) is 14.1. The first-order valence-corrected chi connectivity index (χ1v) is 24.8. The Morgan fingerprint density at radius 1 is 0.831 bits per heavy atom. The fourth-order valence-electron chi connectivity index (χ4n) is 7.29. The zero-order valence-corrected chi connectivity index (χ0v) is 37.8. The SMILES string of the molecule is C=CCOC(=O)C(N1C(=O)[C@H]([C@@H](C)O[Si](C)(C)C(C)(C)C)[C@H]1CC(=O)c1cccc(CNC(=O)OC(C)(C)C)c1)=P(c1ccccc1)(c1ccccc1)c1ccccc1. The number of ether oxygens (including phenoxy) is 2. The smallest absolute Gasteiger partial charge is 0.407 e. The maximum absolute atomic E-state index is 15.2. The van der Waals surface area contributed by atoms with Gasteiger partial charge in [-0.1, -0.05) is 143 Å². The van der Waals surface area contributed by atoms with E-state index >= 15 is 9.59 Å². The Morgan fingerprint density at radius 2 is 1.36 bits per heavy atom. The number of β-lactam (4-membered cyclic amide) rings is 1. The quantitative estimate of drug-likeness (QED) is 0.0320. The molecule has 3 atom stereocenters. The molecule has 0 aliphatic carbocycles. The van der Waals surface area contributed by atoms with Crippen molar-refractivity contribution in [3.8, 4) is 0 Å². The number of nitrogens with one attached hydrogen (secondary N) is 1. The summed E-state index contributed by atoms with van der Waals surface area (Å²) in [5.41, 5.74) is 0.648. The topological polar surface area (TPSA) is 111 Å². The highest BCUT2D eigenvalue weighted by molar-refractivity contribution is 7.96. The van der Waals surface area contributed by atoms with Crippen LogP contribution in [0.4, 0.5) is 4.79 Å². The number of benzene rings is 4. The second-order valence-electron chi connectivity index (χ2n) is 17.5. The van der Waals surface area contributed by atoms with Gasteiger partial charge in [0.1, 0.15) is 17.6 Å². The van der Waals surface area contributed by atoms with E-state index < -0.39 is 50.9 Å². The Labute approximate surface area is 351 Å². The Morgan fingerprint density at radius 3 is 1.83 bits per heavy atom. The monoisotopic (exact) mass is 834 g/mol. The van der Waals surface area contributed by atoms with E-state index in [4.69, 9.17) is 13.9 Å². The van der Waals surface area contributed by atoms with Gasteiger partial charge in [-0.25, -0.2) is 9.59 Å². The Balaban J connectivity index is 1.73. The van der Waals surface area contributed by atoms with Crippen LogP contribution in [0.5, 0.6) is 0 Å². The molecule has 0 unspecified atom stereocenters. The molecule has 312 valence electrons. The normalized spacial score (nSPS) is 16.4. The van der Waals surface area contributed by atoms with E-state index in [9.17, 15) is 9.59 Å². The number of alkyl carbamates (subject to hydrolysis) is 1. The summed E-state index contributed by atoms with van der Waals surface area (Å²) < 4.78 is 18.3. The van der Waals surface area contributed by atoms with Gasteiger partial charge in [-0.3, -0.25) is 9.59 Å². The number of ketones is 1. The summed E-state index contributed by atoms with van der Waals surface area (Å²) in [6.07, 6.45) is 0.279. The van der Waals surface area contributed by atoms with Crippen LogP contribution in [0, 0.1) is 5.92 Å². The van der Waals surface area contributed by atoms with E-state index in [0.29, 0.717) is 11.1 Å². The summed E-state index contributed by atoms with van der Waals surface area (Å²) in [5, 5.41) is 5.16. The highest BCUT2D eigenvalue weighted by Gasteiger charge is 2.57. The molecule has 9 nitrogen and oxygen atoms in total. The van der Waals surface area contributed by atoms with Crippen LogP contribution < -0.4 is 21.2 Å². The first-order chi connectivity index (χ1) is 27.8. The predicted octanol–water partition coefficient (Wildman–Crippen LogP) is 8.37. The molecule has 1 heterocycles.